The van der Waals surface area contributed by atoms with E-state index in [0.29, 0.717) is 24.4 Å². The maximum atomic E-state index is 12.5. The Morgan fingerprint density at radius 1 is 1.24 bits per heavy atom. The molecule has 1 saturated heterocycles. The topological polar surface area (TPSA) is 75.4 Å². The van der Waals surface area contributed by atoms with Crippen LogP contribution in [0.3, 0.4) is 0 Å². The highest BCUT2D eigenvalue weighted by molar-refractivity contribution is 7.12. The van der Waals surface area contributed by atoms with E-state index in [9.17, 15) is 9.59 Å². The summed E-state index contributed by atoms with van der Waals surface area (Å²) in [5, 5.41) is 4.77. The number of nitrogens with one attached hydrogen (secondary N) is 1. The Morgan fingerprint density at radius 2 is 2.00 bits per heavy atom. The standard InChI is InChI=1S/C18H21N3O2S.ClH/c19-14(13-6-2-1-3-7-13)12-20-17(22)15-8-4-10-21(15)18(23)16-9-5-11-24-16;/h1-3,5-7,9,11,14-15H,4,8,10,12,19H2,(H,20,22);1H. The Morgan fingerprint density at radius 3 is 2.68 bits per heavy atom. The summed E-state index contributed by atoms with van der Waals surface area (Å²) in [6.07, 6.45) is 1.55. The number of hydrogen-bond donors (Lipinski definition) is 2. The third kappa shape index (κ3) is 4.60. The van der Waals surface area contributed by atoms with Gasteiger partial charge in [0.1, 0.15) is 6.04 Å². The molecular weight excluding hydrogens is 358 g/mol. The maximum Gasteiger partial charge on any atom is 0.264 e. The highest BCUT2D eigenvalue weighted by Gasteiger charge is 2.34. The molecule has 1 aliphatic heterocycles. The molecule has 3 rings (SSSR count). The molecule has 2 unspecified atom stereocenters. The van der Waals surface area contributed by atoms with E-state index in [4.69, 9.17) is 5.73 Å². The summed E-state index contributed by atoms with van der Waals surface area (Å²) < 4.78 is 0. The molecule has 0 radical (unpaired) electrons. The average molecular weight is 380 g/mol. The first kappa shape index (κ1) is 19.4. The molecule has 0 aliphatic carbocycles. The predicted molar refractivity (Wildman–Crippen MR) is 102 cm³/mol. The van der Waals surface area contributed by atoms with Crippen LogP contribution in [-0.2, 0) is 4.79 Å². The molecule has 5 nitrogen and oxygen atoms in total. The van der Waals surface area contributed by atoms with E-state index < -0.39 is 6.04 Å². The SMILES string of the molecule is Cl.NC(CNC(=O)C1CCCN1C(=O)c1cccs1)c1ccccc1. The smallest absolute Gasteiger partial charge is 0.264 e. The van der Waals surface area contributed by atoms with Gasteiger partial charge in [-0.1, -0.05) is 36.4 Å². The van der Waals surface area contributed by atoms with Gasteiger partial charge in [-0.3, -0.25) is 9.59 Å². The van der Waals surface area contributed by atoms with E-state index in [-0.39, 0.29) is 30.3 Å². The molecule has 1 aromatic heterocycles. The summed E-state index contributed by atoms with van der Waals surface area (Å²) in [6, 6.07) is 12.7. The zero-order valence-corrected chi connectivity index (χ0v) is 15.4. The van der Waals surface area contributed by atoms with Crippen LogP contribution in [0.1, 0.15) is 34.1 Å². The Bertz CT molecular complexity index is 694. The number of hydrogen-bond acceptors (Lipinski definition) is 4. The zero-order chi connectivity index (χ0) is 16.9. The molecule has 2 amide bonds. The summed E-state index contributed by atoms with van der Waals surface area (Å²) in [7, 11) is 0. The van der Waals surface area contributed by atoms with Gasteiger partial charge in [-0.15, -0.1) is 23.7 Å². The monoisotopic (exact) mass is 379 g/mol. The summed E-state index contributed by atoms with van der Waals surface area (Å²) in [5.74, 6) is -0.182. The van der Waals surface area contributed by atoms with Gasteiger partial charge >= 0.3 is 0 Å². The first-order chi connectivity index (χ1) is 11.7. The molecule has 0 bridgehead atoms. The third-order valence-corrected chi connectivity index (χ3v) is 5.13. The fourth-order valence-corrected chi connectivity index (χ4v) is 3.65. The lowest BCUT2D eigenvalue weighted by molar-refractivity contribution is -0.124. The van der Waals surface area contributed by atoms with Crippen molar-refractivity contribution in [1.82, 2.24) is 10.2 Å². The number of carbonyl (C=O) groups excluding carboxylic acids is 2. The summed E-state index contributed by atoms with van der Waals surface area (Å²) in [4.78, 5) is 27.4. The third-order valence-electron chi connectivity index (χ3n) is 4.27. The lowest BCUT2D eigenvalue weighted by Crippen LogP contribution is -2.47. The van der Waals surface area contributed by atoms with Crippen LogP contribution in [-0.4, -0.2) is 35.8 Å². The number of amides is 2. The average Bonchev–Trinajstić information content (AvgIpc) is 3.31. The molecule has 1 aromatic carbocycles. The van der Waals surface area contributed by atoms with Crippen LogP contribution >= 0.6 is 23.7 Å². The number of halogens is 1. The van der Waals surface area contributed by atoms with E-state index >= 15 is 0 Å². The fraction of sp³-hybridized carbons (Fsp3) is 0.333. The van der Waals surface area contributed by atoms with Gasteiger partial charge < -0.3 is 16.0 Å². The summed E-state index contributed by atoms with van der Waals surface area (Å²) in [6.45, 7) is 0.986. The Balaban J connectivity index is 0.00000225. The molecule has 0 spiro atoms. The minimum Gasteiger partial charge on any atom is -0.352 e. The lowest BCUT2D eigenvalue weighted by atomic mass is 10.1. The molecule has 25 heavy (non-hydrogen) atoms. The number of nitrogens with zero attached hydrogens (tertiary/aromatic N) is 1. The normalized spacial score (nSPS) is 17.6. The molecule has 3 N–H and O–H groups in total. The Hall–Kier alpha value is -1.89. The number of thiophene rings is 1. The summed E-state index contributed by atoms with van der Waals surface area (Å²) >= 11 is 1.40. The van der Waals surface area contributed by atoms with Crippen molar-refractivity contribution >= 4 is 35.6 Å². The highest BCUT2D eigenvalue weighted by Crippen LogP contribution is 2.22. The van der Waals surface area contributed by atoms with Gasteiger partial charge in [-0.2, -0.15) is 0 Å². The molecular formula is C18H22ClN3O2S. The largest absolute Gasteiger partial charge is 0.352 e. The molecule has 2 aromatic rings. The van der Waals surface area contributed by atoms with Crippen molar-refractivity contribution in [3.63, 3.8) is 0 Å². The minimum absolute atomic E-state index is 0. The van der Waals surface area contributed by atoms with Crippen LogP contribution in [0.2, 0.25) is 0 Å². The van der Waals surface area contributed by atoms with Crippen molar-refractivity contribution in [2.24, 2.45) is 5.73 Å². The maximum absolute atomic E-state index is 12.5. The molecule has 1 aliphatic rings. The van der Waals surface area contributed by atoms with Crippen LogP contribution in [0, 0.1) is 0 Å². The van der Waals surface area contributed by atoms with Crippen molar-refractivity contribution in [3.05, 3.63) is 58.3 Å². The van der Waals surface area contributed by atoms with Gasteiger partial charge in [0.2, 0.25) is 5.91 Å². The van der Waals surface area contributed by atoms with E-state index in [1.165, 1.54) is 11.3 Å². The number of rotatable bonds is 5. The first-order valence-electron chi connectivity index (χ1n) is 8.09. The van der Waals surface area contributed by atoms with Crippen molar-refractivity contribution < 1.29 is 9.59 Å². The molecule has 2 heterocycles. The van der Waals surface area contributed by atoms with Crippen molar-refractivity contribution in [1.29, 1.82) is 0 Å². The van der Waals surface area contributed by atoms with E-state index in [1.807, 2.05) is 41.8 Å². The summed E-state index contributed by atoms with van der Waals surface area (Å²) in [5.41, 5.74) is 7.10. The Kier molecular flexibility index (Phi) is 6.99. The molecule has 0 saturated carbocycles. The van der Waals surface area contributed by atoms with Gasteiger partial charge in [0.05, 0.1) is 4.88 Å². The number of carbonyl (C=O) groups is 2. The van der Waals surface area contributed by atoms with Crippen molar-refractivity contribution in [2.45, 2.75) is 24.9 Å². The van der Waals surface area contributed by atoms with Gasteiger partial charge in [-0.05, 0) is 29.9 Å². The van der Waals surface area contributed by atoms with E-state index in [2.05, 4.69) is 5.32 Å². The molecule has 7 heteroatoms. The van der Waals surface area contributed by atoms with Crippen molar-refractivity contribution in [2.75, 3.05) is 13.1 Å². The van der Waals surface area contributed by atoms with Crippen LogP contribution < -0.4 is 11.1 Å². The minimum atomic E-state index is -0.400. The number of nitrogens with two attached hydrogens (primary N) is 1. The predicted octanol–water partition coefficient (Wildman–Crippen LogP) is 2.59. The van der Waals surface area contributed by atoms with Crippen LogP contribution in [0.25, 0.3) is 0 Å². The van der Waals surface area contributed by atoms with Gasteiger partial charge in [0.15, 0.2) is 0 Å². The quantitative estimate of drug-likeness (QED) is 0.838. The second-order valence-electron chi connectivity index (χ2n) is 5.90. The van der Waals surface area contributed by atoms with Crippen LogP contribution in [0.5, 0.6) is 0 Å². The van der Waals surface area contributed by atoms with Crippen LogP contribution in [0.4, 0.5) is 0 Å². The van der Waals surface area contributed by atoms with E-state index in [0.717, 1.165) is 12.0 Å². The Labute approximate surface area is 157 Å². The molecule has 1 fully saturated rings. The van der Waals surface area contributed by atoms with Gasteiger partial charge in [0, 0.05) is 19.1 Å². The zero-order valence-electron chi connectivity index (χ0n) is 13.8. The highest BCUT2D eigenvalue weighted by atomic mass is 35.5. The first-order valence-corrected chi connectivity index (χ1v) is 8.97. The molecule has 134 valence electrons. The van der Waals surface area contributed by atoms with Gasteiger partial charge in [-0.25, -0.2) is 0 Å². The number of likely N-dealkylation sites (tertiary alicyclic amines) is 1. The van der Waals surface area contributed by atoms with Gasteiger partial charge in [0.25, 0.3) is 5.91 Å². The second-order valence-corrected chi connectivity index (χ2v) is 6.84. The molecule has 2 atom stereocenters. The van der Waals surface area contributed by atoms with Crippen molar-refractivity contribution in [3.8, 4) is 0 Å². The number of benzene rings is 1. The second kappa shape index (κ2) is 8.99. The fourth-order valence-electron chi connectivity index (χ4n) is 2.97. The van der Waals surface area contributed by atoms with Crippen LogP contribution in [0.15, 0.2) is 47.8 Å². The van der Waals surface area contributed by atoms with E-state index in [1.54, 1.807) is 11.0 Å². The lowest BCUT2D eigenvalue weighted by Gasteiger charge is -2.24.